The fourth-order valence-electron chi connectivity index (χ4n) is 5.00. The van der Waals surface area contributed by atoms with E-state index in [4.69, 9.17) is 11.3 Å². The minimum absolute atomic E-state index is 0.113. The third-order valence-corrected chi connectivity index (χ3v) is 8.46. The number of amides is 3. The second kappa shape index (κ2) is 13.4. The van der Waals surface area contributed by atoms with Crippen LogP contribution in [0.3, 0.4) is 0 Å². The number of carbonyl (C=O) groups excluding carboxylic acids is 2. The summed E-state index contributed by atoms with van der Waals surface area (Å²) in [5.74, 6) is 4.40. The average Bonchev–Trinajstić information content (AvgIpc) is 2.97. The summed E-state index contributed by atoms with van der Waals surface area (Å²) in [6.45, 7) is 1.97. The molecule has 220 valence electrons. The SMILES string of the molecule is Cc1ccc(S(C)(=O)=O)cc1NC(=O)N(Cc1ccc(C(=O)NC(=N)N=NN)cc1)c1ccc(C2CCCCC2)cc1. The van der Waals surface area contributed by atoms with Gasteiger partial charge in [0.15, 0.2) is 9.84 Å². The lowest BCUT2D eigenvalue weighted by Gasteiger charge is -2.26. The van der Waals surface area contributed by atoms with Crippen LogP contribution in [0.4, 0.5) is 16.2 Å². The summed E-state index contributed by atoms with van der Waals surface area (Å²) in [7, 11) is -3.46. The van der Waals surface area contributed by atoms with E-state index in [0.717, 1.165) is 30.2 Å². The van der Waals surface area contributed by atoms with Crippen LogP contribution in [-0.4, -0.2) is 32.6 Å². The molecule has 42 heavy (non-hydrogen) atoms. The fraction of sp³-hybridized carbons (Fsp3) is 0.300. The molecule has 4 rings (SSSR count). The zero-order chi connectivity index (χ0) is 30.3. The minimum Gasteiger partial charge on any atom is -0.307 e. The number of sulfone groups is 1. The van der Waals surface area contributed by atoms with E-state index in [9.17, 15) is 18.0 Å². The molecule has 3 amide bonds. The molecule has 0 unspecified atom stereocenters. The monoisotopic (exact) mass is 589 g/mol. The van der Waals surface area contributed by atoms with Crippen molar-refractivity contribution in [1.82, 2.24) is 5.32 Å². The van der Waals surface area contributed by atoms with E-state index in [1.807, 2.05) is 12.1 Å². The van der Waals surface area contributed by atoms with Crippen molar-refractivity contribution in [3.63, 3.8) is 0 Å². The summed E-state index contributed by atoms with van der Waals surface area (Å²) in [5, 5.41) is 18.9. The molecule has 0 aliphatic heterocycles. The highest BCUT2D eigenvalue weighted by molar-refractivity contribution is 7.90. The smallest absolute Gasteiger partial charge is 0.307 e. The second-order valence-corrected chi connectivity index (χ2v) is 12.4. The largest absolute Gasteiger partial charge is 0.326 e. The van der Waals surface area contributed by atoms with Crippen LogP contribution in [0.25, 0.3) is 0 Å². The van der Waals surface area contributed by atoms with Gasteiger partial charge < -0.3 is 11.2 Å². The lowest BCUT2D eigenvalue weighted by molar-refractivity contribution is 0.0976. The van der Waals surface area contributed by atoms with Crippen LogP contribution < -0.4 is 21.4 Å². The van der Waals surface area contributed by atoms with Crippen molar-refractivity contribution in [2.24, 2.45) is 16.2 Å². The number of nitrogens with one attached hydrogen (secondary N) is 3. The van der Waals surface area contributed by atoms with Gasteiger partial charge in [0.25, 0.3) is 5.91 Å². The predicted molar refractivity (Wildman–Crippen MR) is 162 cm³/mol. The van der Waals surface area contributed by atoms with Gasteiger partial charge in [-0.15, -0.1) is 0 Å². The molecule has 0 bridgehead atoms. The number of aryl methyl sites for hydroxylation is 1. The van der Waals surface area contributed by atoms with Crippen LogP contribution in [0.2, 0.25) is 0 Å². The maximum atomic E-state index is 13.7. The van der Waals surface area contributed by atoms with Crippen molar-refractivity contribution in [2.75, 3.05) is 16.5 Å². The number of carbonyl (C=O) groups is 2. The van der Waals surface area contributed by atoms with E-state index < -0.39 is 27.7 Å². The molecule has 0 saturated heterocycles. The van der Waals surface area contributed by atoms with Gasteiger partial charge >= 0.3 is 6.03 Å². The summed E-state index contributed by atoms with van der Waals surface area (Å²) in [4.78, 5) is 27.8. The summed E-state index contributed by atoms with van der Waals surface area (Å²) in [6, 6.07) is 18.8. The van der Waals surface area contributed by atoms with Gasteiger partial charge in [0.2, 0.25) is 5.96 Å². The number of benzene rings is 3. The van der Waals surface area contributed by atoms with E-state index >= 15 is 0 Å². The highest BCUT2D eigenvalue weighted by Crippen LogP contribution is 2.34. The van der Waals surface area contributed by atoms with E-state index in [1.165, 1.54) is 37.0 Å². The van der Waals surface area contributed by atoms with Gasteiger partial charge in [0, 0.05) is 23.2 Å². The van der Waals surface area contributed by atoms with E-state index in [1.54, 1.807) is 42.2 Å². The topological polar surface area (TPSA) is 170 Å². The Hall–Kier alpha value is -4.58. The number of anilines is 2. The Morgan fingerprint density at radius 1 is 1.00 bits per heavy atom. The molecule has 0 atom stereocenters. The fourth-order valence-corrected chi connectivity index (χ4v) is 5.65. The van der Waals surface area contributed by atoms with Crippen molar-refractivity contribution in [1.29, 1.82) is 5.41 Å². The standard InChI is InChI=1S/C30H35N7O4S/c1-20-8-17-26(42(2,40)41)18-27(20)33-30(39)37(25-15-13-23(14-16-25)22-6-4-3-5-7-22)19-21-9-11-24(12-10-21)28(38)34-29(31)35-36-32/h8-18,22H,3-7,19H2,1-2H3,(H,33,39)(H4,31,32,34,35,38). The summed E-state index contributed by atoms with van der Waals surface area (Å²) in [5.41, 5.74) is 4.08. The number of urea groups is 1. The Kier molecular flexibility index (Phi) is 9.68. The Morgan fingerprint density at radius 2 is 1.67 bits per heavy atom. The second-order valence-electron chi connectivity index (χ2n) is 10.4. The number of rotatable bonds is 7. The highest BCUT2D eigenvalue weighted by atomic mass is 32.2. The molecule has 1 aliphatic carbocycles. The summed E-state index contributed by atoms with van der Waals surface area (Å²) < 4.78 is 24.3. The molecular weight excluding hydrogens is 554 g/mol. The van der Waals surface area contributed by atoms with Crippen molar-refractivity contribution >= 4 is 39.1 Å². The lowest BCUT2D eigenvalue weighted by atomic mass is 9.84. The van der Waals surface area contributed by atoms with E-state index in [2.05, 4.69) is 33.1 Å². The van der Waals surface area contributed by atoms with Crippen LogP contribution in [0, 0.1) is 12.3 Å². The molecule has 1 fully saturated rings. The first-order chi connectivity index (χ1) is 20.0. The number of nitrogens with zero attached hydrogens (tertiary/aromatic N) is 3. The molecule has 3 aromatic carbocycles. The van der Waals surface area contributed by atoms with Crippen LogP contribution in [0.15, 0.2) is 82.0 Å². The Bertz CT molecular complexity index is 1580. The number of hydrogen-bond donors (Lipinski definition) is 4. The van der Waals surface area contributed by atoms with Crippen LogP contribution in [-0.2, 0) is 16.4 Å². The van der Waals surface area contributed by atoms with Gasteiger partial charge in [-0.3, -0.25) is 20.4 Å². The lowest BCUT2D eigenvalue weighted by Crippen LogP contribution is -2.35. The molecule has 0 spiro atoms. The molecule has 1 saturated carbocycles. The molecule has 11 nitrogen and oxygen atoms in total. The van der Waals surface area contributed by atoms with Gasteiger partial charge in [0.1, 0.15) is 0 Å². The van der Waals surface area contributed by atoms with Crippen LogP contribution >= 0.6 is 0 Å². The van der Waals surface area contributed by atoms with Gasteiger partial charge in [-0.1, -0.05) is 59.9 Å². The molecule has 12 heteroatoms. The van der Waals surface area contributed by atoms with Crippen molar-refractivity contribution in [3.8, 4) is 0 Å². The third-order valence-electron chi connectivity index (χ3n) is 7.35. The number of guanidine groups is 1. The molecule has 5 N–H and O–H groups in total. The first-order valence-corrected chi connectivity index (χ1v) is 15.5. The maximum absolute atomic E-state index is 13.7. The van der Waals surface area contributed by atoms with Crippen molar-refractivity contribution < 1.29 is 18.0 Å². The Labute approximate surface area is 245 Å². The summed E-state index contributed by atoms with van der Waals surface area (Å²) in [6.07, 6.45) is 7.16. The van der Waals surface area contributed by atoms with Crippen molar-refractivity contribution in [2.45, 2.75) is 56.4 Å². The average molecular weight is 590 g/mol. The zero-order valence-electron chi connectivity index (χ0n) is 23.6. The Morgan fingerprint density at radius 3 is 2.29 bits per heavy atom. The molecule has 0 radical (unpaired) electrons. The molecular formula is C30H35N7O4S. The molecule has 0 aromatic heterocycles. The predicted octanol–water partition coefficient (Wildman–Crippen LogP) is 5.68. The number of nitrogens with two attached hydrogens (primary N) is 1. The molecule has 3 aromatic rings. The van der Waals surface area contributed by atoms with Crippen LogP contribution in [0.1, 0.15) is 65.1 Å². The van der Waals surface area contributed by atoms with Gasteiger partial charge in [-0.25, -0.2) is 13.2 Å². The maximum Gasteiger partial charge on any atom is 0.326 e. The first kappa shape index (κ1) is 30.4. The van der Waals surface area contributed by atoms with Crippen LogP contribution in [0.5, 0.6) is 0 Å². The summed E-state index contributed by atoms with van der Waals surface area (Å²) >= 11 is 0. The third kappa shape index (κ3) is 7.78. The normalized spacial score (nSPS) is 14.0. The van der Waals surface area contributed by atoms with E-state index in [0.29, 0.717) is 17.3 Å². The molecule has 0 heterocycles. The van der Waals surface area contributed by atoms with Gasteiger partial charge in [-0.2, -0.15) is 0 Å². The molecule has 1 aliphatic rings. The zero-order valence-corrected chi connectivity index (χ0v) is 24.4. The quantitative estimate of drug-likeness (QED) is 0.0912. The number of hydrogen-bond acceptors (Lipinski definition) is 6. The Balaban J connectivity index is 1.60. The van der Waals surface area contributed by atoms with Gasteiger partial charge in [0.05, 0.1) is 11.4 Å². The minimum atomic E-state index is -3.46. The van der Waals surface area contributed by atoms with E-state index in [-0.39, 0.29) is 17.0 Å². The highest BCUT2D eigenvalue weighted by Gasteiger charge is 2.21. The first-order valence-electron chi connectivity index (χ1n) is 13.6. The van der Waals surface area contributed by atoms with Crippen molar-refractivity contribution in [3.05, 3.63) is 89.0 Å². The van der Waals surface area contributed by atoms with Gasteiger partial charge in [-0.05, 0) is 78.8 Å².